The van der Waals surface area contributed by atoms with Crippen LogP contribution in [-0.4, -0.2) is 17.0 Å². The summed E-state index contributed by atoms with van der Waals surface area (Å²) in [7, 11) is 0. The van der Waals surface area contributed by atoms with Gasteiger partial charge >= 0.3 is 0 Å². The number of hydrogen-bond acceptors (Lipinski definition) is 4. The summed E-state index contributed by atoms with van der Waals surface area (Å²) in [6.07, 6.45) is 0.526. The molecule has 3 N–H and O–H groups in total. The molecule has 0 aliphatic heterocycles. The number of aryl methyl sites for hydroxylation is 1. The van der Waals surface area contributed by atoms with Crippen molar-refractivity contribution in [2.75, 3.05) is 0 Å². The van der Waals surface area contributed by atoms with Gasteiger partial charge in [-0.05, 0) is 30.5 Å². The molecule has 2 rings (SSSR count). The van der Waals surface area contributed by atoms with Gasteiger partial charge < -0.3 is 15.6 Å². The molecule has 7 heteroatoms. The first-order chi connectivity index (χ1) is 10.5. The summed E-state index contributed by atoms with van der Waals surface area (Å²) >= 11 is 5.85. The minimum Gasteiger partial charge on any atom is -0.368 e. The van der Waals surface area contributed by atoms with Gasteiger partial charge in [-0.3, -0.25) is 9.59 Å². The quantitative estimate of drug-likeness (QED) is 0.849. The molecular weight excluding hydrogens is 306 g/mol. The molecule has 0 aliphatic carbocycles. The highest BCUT2D eigenvalue weighted by atomic mass is 35.5. The Labute approximate surface area is 132 Å². The average Bonchev–Trinajstić information content (AvgIpc) is 2.82. The van der Waals surface area contributed by atoms with E-state index in [2.05, 4.69) is 10.5 Å². The predicted octanol–water partition coefficient (Wildman–Crippen LogP) is 1.91. The Kier molecular flexibility index (Phi) is 5.16. The Morgan fingerprint density at radius 2 is 2.05 bits per heavy atom. The Hall–Kier alpha value is -2.34. The highest BCUT2D eigenvalue weighted by molar-refractivity contribution is 6.29. The van der Waals surface area contributed by atoms with Gasteiger partial charge in [-0.1, -0.05) is 35.5 Å². The maximum atomic E-state index is 12.0. The molecule has 0 saturated heterocycles. The third kappa shape index (κ3) is 3.85. The normalized spacial score (nSPS) is 11.9. The zero-order valence-corrected chi connectivity index (χ0v) is 12.8. The third-order valence-corrected chi connectivity index (χ3v) is 3.56. The fourth-order valence-corrected chi connectivity index (χ4v) is 2.34. The first-order valence-electron chi connectivity index (χ1n) is 6.73. The van der Waals surface area contributed by atoms with Crippen LogP contribution in [0.15, 0.2) is 34.9 Å². The lowest BCUT2D eigenvalue weighted by Gasteiger charge is -2.15. The van der Waals surface area contributed by atoms with Crippen molar-refractivity contribution in [1.29, 1.82) is 0 Å². The number of primary amides is 1. The van der Waals surface area contributed by atoms with E-state index in [1.54, 1.807) is 31.2 Å². The molecule has 22 heavy (non-hydrogen) atoms. The minimum absolute atomic E-state index is 0.151. The van der Waals surface area contributed by atoms with Crippen LogP contribution >= 0.6 is 11.6 Å². The third-order valence-electron chi connectivity index (χ3n) is 3.26. The number of halogens is 1. The molecular formula is C15H16ClN3O3. The molecule has 6 nitrogen and oxygen atoms in total. The number of carbonyl (C=O) groups excluding carboxylic acids is 2. The van der Waals surface area contributed by atoms with Gasteiger partial charge in [-0.15, -0.1) is 0 Å². The van der Waals surface area contributed by atoms with Gasteiger partial charge in [0, 0.05) is 12.0 Å². The van der Waals surface area contributed by atoms with Crippen LogP contribution in [-0.2, 0) is 16.0 Å². The average molecular weight is 322 g/mol. The number of aromatic nitrogens is 1. The second-order valence-electron chi connectivity index (χ2n) is 4.83. The van der Waals surface area contributed by atoms with Crippen molar-refractivity contribution >= 4 is 23.4 Å². The molecule has 116 valence electrons. The fraction of sp³-hybridized carbons (Fsp3) is 0.267. The van der Waals surface area contributed by atoms with Crippen molar-refractivity contribution in [3.05, 3.63) is 52.4 Å². The van der Waals surface area contributed by atoms with Crippen LogP contribution in [0.5, 0.6) is 0 Å². The van der Waals surface area contributed by atoms with Crippen molar-refractivity contribution in [1.82, 2.24) is 10.5 Å². The molecule has 1 aromatic carbocycles. The Bertz CT molecular complexity index is 650. The number of rotatable bonds is 6. The van der Waals surface area contributed by atoms with Crippen molar-refractivity contribution in [2.24, 2.45) is 5.73 Å². The van der Waals surface area contributed by atoms with E-state index in [0.717, 1.165) is 0 Å². The number of nitrogens with one attached hydrogen (secondary N) is 1. The van der Waals surface area contributed by atoms with Gasteiger partial charge in [-0.25, -0.2) is 0 Å². The van der Waals surface area contributed by atoms with Crippen LogP contribution < -0.4 is 11.1 Å². The zero-order valence-electron chi connectivity index (χ0n) is 12.0. The minimum atomic E-state index is -0.854. The summed E-state index contributed by atoms with van der Waals surface area (Å²) in [5.74, 6) is -0.914. The van der Waals surface area contributed by atoms with Gasteiger partial charge in [0.15, 0.2) is 0 Å². The lowest BCUT2D eigenvalue weighted by Crippen LogP contribution is -2.37. The second kappa shape index (κ2) is 7.09. The summed E-state index contributed by atoms with van der Waals surface area (Å²) < 4.78 is 4.83. The van der Waals surface area contributed by atoms with Crippen molar-refractivity contribution in [2.45, 2.75) is 25.8 Å². The van der Waals surface area contributed by atoms with E-state index in [1.165, 1.54) is 0 Å². The number of amides is 2. The summed E-state index contributed by atoms with van der Waals surface area (Å²) in [6, 6.07) is 7.98. The van der Waals surface area contributed by atoms with Crippen LogP contribution in [0.3, 0.4) is 0 Å². The molecule has 1 aromatic heterocycles. The lowest BCUT2D eigenvalue weighted by molar-refractivity contribution is -0.127. The maximum absolute atomic E-state index is 12.0. The van der Waals surface area contributed by atoms with E-state index in [1.807, 2.05) is 6.07 Å². The van der Waals surface area contributed by atoms with E-state index in [9.17, 15) is 9.59 Å². The summed E-state index contributed by atoms with van der Waals surface area (Å²) in [5.41, 5.74) is 7.33. The van der Waals surface area contributed by atoms with E-state index >= 15 is 0 Å². The lowest BCUT2D eigenvalue weighted by atomic mass is 10.1. The summed E-state index contributed by atoms with van der Waals surface area (Å²) in [4.78, 5) is 23.6. The van der Waals surface area contributed by atoms with Crippen molar-refractivity contribution in [3.63, 3.8) is 0 Å². The molecule has 0 saturated carbocycles. The van der Waals surface area contributed by atoms with E-state index in [0.29, 0.717) is 23.2 Å². The number of nitrogens with two attached hydrogens (primary N) is 1. The van der Waals surface area contributed by atoms with Crippen LogP contribution in [0.1, 0.15) is 29.3 Å². The van der Waals surface area contributed by atoms with E-state index < -0.39 is 11.9 Å². The number of hydrogen-bond donors (Lipinski definition) is 2. The molecule has 0 unspecified atom stereocenters. The van der Waals surface area contributed by atoms with Gasteiger partial charge in [-0.2, -0.15) is 0 Å². The van der Waals surface area contributed by atoms with Gasteiger partial charge in [0.1, 0.15) is 6.04 Å². The molecule has 1 atom stereocenters. The molecule has 0 spiro atoms. The van der Waals surface area contributed by atoms with Crippen molar-refractivity contribution < 1.29 is 14.1 Å². The van der Waals surface area contributed by atoms with Crippen LogP contribution in [0.4, 0.5) is 0 Å². The maximum Gasteiger partial charge on any atom is 0.244 e. The molecule has 0 radical (unpaired) electrons. The standard InChI is InChI=1S/C15H16ClN3O3/c1-9-11(14(16)22-19-9)7-8-12(20)18-13(15(17)21)10-5-3-2-4-6-10/h2-6,13H,7-8H2,1H3,(H2,17,21)(H,18,20)/t13-/m1/s1. The molecule has 1 heterocycles. The Balaban J connectivity index is 1.99. The molecule has 0 bridgehead atoms. The largest absolute Gasteiger partial charge is 0.368 e. The zero-order chi connectivity index (χ0) is 16.1. The molecule has 2 aromatic rings. The van der Waals surface area contributed by atoms with Gasteiger partial charge in [0.2, 0.25) is 17.0 Å². The topological polar surface area (TPSA) is 98.2 Å². The molecule has 2 amide bonds. The van der Waals surface area contributed by atoms with Gasteiger partial charge in [0.05, 0.1) is 5.69 Å². The van der Waals surface area contributed by atoms with E-state index in [4.69, 9.17) is 21.9 Å². The second-order valence-corrected chi connectivity index (χ2v) is 5.18. The Morgan fingerprint density at radius 1 is 1.36 bits per heavy atom. The SMILES string of the molecule is Cc1noc(Cl)c1CCC(=O)N[C@@H](C(N)=O)c1ccccc1. The van der Waals surface area contributed by atoms with E-state index in [-0.39, 0.29) is 17.5 Å². The number of carbonyl (C=O) groups is 2. The Morgan fingerprint density at radius 3 is 2.59 bits per heavy atom. The van der Waals surface area contributed by atoms with Crippen LogP contribution in [0.2, 0.25) is 5.22 Å². The fourth-order valence-electron chi connectivity index (χ4n) is 2.08. The number of nitrogens with zero attached hydrogens (tertiary/aromatic N) is 1. The van der Waals surface area contributed by atoms with Crippen LogP contribution in [0, 0.1) is 6.92 Å². The van der Waals surface area contributed by atoms with Gasteiger partial charge in [0.25, 0.3) is 0 Å². The summed E-state index contributed by atoms with van der Waals surface area (Å²) in [5, 5.41) is 6.52. The van der Waals surface area contributed by atoms with Crippen LogP contribution in [0.25, 0.3) is 0 Å². The highest BCUT2D eigenvalue weighted by Gasteiger charge is 2.20. The molecule has 0 aliphatic rings. The highest BCUT2D eigenvalue weighted by Crippen LogP contribution is 2.20. The first kappa shape index (κ1) is 16.0. The predicted molar refractivity (Wildman–Crippen MR) is 81.1 cm³/mol. The monoisotopic (exact) mass is 321 g/mol. The smallest absolute Gasteiger partial charge is 0.244 e. The van der Waals surface area contributed by atoms with Crippen molar-refractivity contribution in [3.8, 4) is 0 Å². The number of benzene rings is 1. The summed E-state index contributed by atoms with van der Waals surface area (Å²) in [6.45, 7) is 1.75. The molecule has 0 fully saturated rings. The first-order valence-corrected chi connectivity index (χ1v) is 7.11.